The molecule has 330 valence electrons. The minimum atomic E-state index is -0.649. The number of imide groups is 2. The maximum atomic E-state index is 14.8. The van der Waals surface area contributed by atoms with Crippen LogP contribution in [0.4, 0.5) is 19.2 Å². The minimum Gasteiger partial charge on any atom is -0.498 e. The minimum absolute atomic E-state index is 0.0347. The van der Waals surface area contributed by atoms with E-state index in [4.69, 9.17) is 18.9 Å². The fourth-order valence-electron chi connectivity index (χ4n) is 11.3. The quantitative estimate of drug-likeness (QED) is 0.0835. The van der Waals surface area contributed by atoms with E-state index in [2.05, 4.69) is 79.2 Å². The Hall–Kier alpha value is -3.97. The number of nitrogens with zero attached hydrogens (tertiary/aromatic N) is 3. The van der Waals surface area contributed by atoms with Crippen molar-refractivity contribution in [1.29, 1.82) is 0 Å². The summed E-state index contributed by atoms with van der Waals surface area (Å²) < 4.78 is 20.7. The van der Waals surface area contributed by atoms with Crippen molar-refractivity contribution in [2.45, 2.75) is 139 Å². The van der Waals surface area contributed by atoms with Gasteiger partial charge in [-0.3, -0.25) is 9.69 Å². The van der Waals surface area contributed by atoms with Crippen LogP contribution in [0, 0.1) is 32.5 Å². The van der Waals surface area contributed by atoms with E-state index in [1.165, 1.54) is 17.4 Å². The molecule has 0 aromatic carbocycles. The molecule has 0 aliphatic heterocycles. The lowest BCUT2D eigenvalue weighted by Crippen LogP contribution is -2.58. The third kappa shape index (κ3) is 15.0. The third-order valence-electron chi connectivity index (χ3n) is 12.0. The monoisotopic (exact) mass is 818 g/mol. The Morgan fingerprint density at radius 1 is 0.621 bits per heavy atom. The van der Waals surface area contributed by atoms with Crippen LogP contribution in [-0.4, -0.2) is 111 Å². The summed E-state index contributed by atoms with van der Waals surface area (Å²) in [5, 5.41) is 6.00. The molecule has 3 rings (SSSR count). The Morgan fingerprint density at radius 2 is 1.09 bits per heavy atom. The van der Waals surface area contributed by atoms with E-state index < -0.39 is 35.1 Å². The first-order chi connectivity index (χ1) is 26.9. The highest BCUT2D eigenvalue weighted by Gasteiger charge is 2.48. The average molecular weight is 818 g/mol. The van der Waals surface area contributed by atoms with Crippen molar-refractivity contribution in [2.24, 2.45) is 32.5 Å². The molecule has 3 aliphatic rings. The molecule has 5 atom stereocenters. The Balaban J connectivity index is 1.85. The zero-order valence-electron chi connectivity index (χ0n) is 37.3. The van der Waals surface area contributed by atoms with Gasteiger partial charge >= 0.3 is 24.2 Å². The largest absolute Gasteiger partial charge is 0.498 e. The van der Waals surface area contributed by atoms with Gasteiger partial charge in [0.15, 0.2) is 0 Å². The van der Waals surface area contributed by atoms with Crippen molar-refractivity contribution < 1.29 is 42.9 Å². The molecule has 3 fully saturated rings. The van der Waals surface area contributed by atoms with Crippen LogP contribution in [0.25, 0.3) is 0 Å². The van der Waals surface area contributed by atoms with E-state index in [9.17, 15) is 24.0 Å². The number of hydrogen-bond donors (Lipinski definition) is 2. The van der Waals surface area contributed by atoms with Crippen molar-refractivity contribution in [3.8, 4) is 0 Å². The van der Waals surface area contributed by atoms with Gasteiger partial charge in [-0.25, -0.2) is 24.1 Å². The van der Waals surface area contributed by atoms with E-state index in [-0.39, 0.29) is 73.3 Å². The molecule has 2 N–H and O–H groups in total. The summed E-state index contributed by atoms with van der Waals surface area (Å²) in [5.74, 6) is 0. The SMILES string of the molecule is C=COCCOC(=O)NC1CC(C)(C)CC(C)(CN(C)C(=O)N(CC2(C)CCCC(C)(C)C2)C(=O)N(C=O)CC2(C)CC(NC(=O)OCCOC=C)CC(C)(C)C2)C1. The Kier molecular flexibility index (Phi) is 16.6. The predicted molar refractivity (Wildman–Crippen MR) is 224 cm³/mol. The number of carbonyl (C=O) groups is 5. The highest BCUT2D eigenvalue weighted by atomic mass is 16.6. The number of hydrogen-bond acceptors (Lipinski definition) is 9. The van der Waals surface area contributed by atoms with Crippen molar-refractivity contribution in [1.82, 2.24) is 25.3 Å². The predicted octanol–water partition coefficient (Wildman–Crippen LogP) is 8.47. The molecule has 0 aromatic rings. The Bertz CT molecular complexity index is 1470. The van der Waals surface area contributed by atoms with Crippen molar-refractivity contribution >= 4 is 30.7 Å². The van der Waals surface area contributed by atoms with E-state index >= 15 is 0 Å². The van der Waals surface area contributed by atoms with Crippen LogP contribution in [0.3, 0.4) is 0 Å². The first-order valence-electron chi connectivity index (χ1n) is 21.0. The second kappa shape index (κ2) is 19.9. The summed E-state index contributed by atoms with van der Waals surface area (Å²) in [7, 11) is 1.72. The molecule has 0 heterocycles. The summed E-state index contributed by atoms with van der Waals surface area (Å²) in [4.78, 5) is 71.9. The lowest BCUT2D eigenvalue weighted by Gasteiger charge is -2.49. The van der Waals surface area contributed by atoms with Gasteiger partial charge in [-0.1, -0.05) is 81.9 Å². The van der Waals surface area contributed by atoms with Gasteiger partial charge in [0.25, 0.3) is 0 Å². The molecule has 14 heteroatoms. The molecule has 0 saturated heterocycles. The number of urea groups is 2. The number of amides is 7. The molecule has 7 amide bonds. The van der Waals surface area contributed by atoms with Crippen LogP contribution >= 0.6 is 0 Å². The maximum Gasteiger partial charge on any atom is 0.407 e. The third-order valence-corrected chi connectivity index (χ3v) is 12.0. The van der Waals surface area contributed by atoms with Gasteiger partial charge in [0, 0.05) is 38.8 Å². The van der Waals surface area contributed by atoms with E-state index in [0.717, 1.165) is 43.4 Å². The molecule has 0 aromatic heterocycles. The fraction of sp³-hybridized carbons (Fsp3) is 0.795. The molecule has 5 unspecified atom stereocenters. The second-order valence-electron chi connectivity index (χ2n) is 20.9. The van der Waals surface area contributed by atoms with Crippen LogP contribution in [0.1, 0.15) is 127 Å². The normalized spacial score (nSPS) is 28.4. The first kappa shape index (κ1) is 48.4. The Labute approximate surface area is 348 Å². The van der Waals surface area contributed by atoms with Gasteiger partial charge < -0.3 is 34.5 Å². The molecule has 58 heavy (non-hydrogen) atoms. The van der Waals surface area contributed by atoms with Gasteiger partial charge in [-0.05, 0) is 90.3 Å². The van der Waals surface area contributed by atoms with Gasteiger partial charge in [-0.2, -0.15) is 0 Å². The number of carbonyl (C=O) groups excluding carboxylic acids is 5. The summed E-state index contributed by atoms with van der Waals surface area (Å²) in [6.45, 7) is 27.4. The zero-order chi connectivity index (χ0) is 43.6. The zero-order valence-corrected chi connectivity index (χ0v) is 37.3. The molecule has 0 bridgehead atoms. The smallest absolute Gasteiger partial charge is 0.407 e. The lowest BCUT2D eigenvalue weighted by atomic mass is 9.62. The molecule has 3 aliphatic carbocycles. The molecular formula is C44H75N5O9. The van der Waals surface area contributed by atoms with Gasteiger partial charge in [0.2, 0.25) is 6.41 Å². The van der Waals surface area contributed by atoms with Crippen molar-refractivity contribution in [3.05, 3.63) is 25.7 Å². The van der Waals surface area contributed by atoms with E-state index in [1.54, 1.807) is 11.9 Å². The highest BCUT2D eigenvalue weighted by Crippen LogP contribution is 2.49. The topological polar surface area (TPSA) is 156 Å². The highest BCUT2D eigenvalue weighted by molar-refractivity contribution is 5.97. The number of nitrogens with one attached hydrogen (secondary N) is 2. The van der Waals surface area contributed by atoms with Gasteiger partial charge in [0.1, 0.15) is 26.4 Å². The number of alkyl carbamates (subject to hydrolysis) is 2. The number of ether oxygens (including phenoxy) is 4. The molecule has 0 spiro atoms. The maximum absolute atomic E-state index is 14.8. The van der Waals surface area contributed by atoms with Crippen LogP contribution in [0.15, 0.2) is 25.7 Å². The van der Waals surface area contributed by atoms with E-state index in [0.29, 0.717) is 38.6 Å². The standard InChI is InChI=1S/C44H75N5O9/c1-13-55-18-20-57-35(51)45-33-22-40(5,6)27-43(10,24-33)29-47(12)37(53)49(31-42(9)17-15-16-39(3,4)26-42)38(54)48(32-50)30-44(11)25-34(23-41(7,8)28-44)46-36(52)58-21-19-56-14-2/h13-14,32-34H,1-2,15-31H2,3-12H3,(H,45,51)(H,46,52). The molecule has 14 nitrogen and oxygen atoms in total. The van der Waals surface area contributed by atoms with Crippen molar-refractivity contribution in [2.75, 3.05) is 53.1 Å². The molecule has 0 radical (unpaired) electrons. The van der Waals surface area contributed by atoms with Crippen LogP contribution in [0.2, 0.25) is 0 Å². The lowest BCUT2D eigenvalue weighted by molar-refractivity contribution is -0.118. The van der Waals surface area contributed by atoms with E-state index in [1.807, 2.05) is 6.92 Å². The van der Waals surface area contributed by atoms with Crippen molar-refractivity contribution in [3.63, 3.8) is 0 Å². The molecule has 3 saturated carbocycles. The average Bonchev–Trinajstić information content (AvgIpc) is 3.06. The second-order valence-corrected chi connectivity index (χ2v) is 20.9. The first-order valence-corrected chi connectivity index (χ1v) is 21.0. The van der Waals surface area contributed by atoms with Gasteiger partial charge in [-0.15, -0.1) is 0 Å². The summed E-state index contributed by atoms with van der Waals surface area (Å²) in [5.41, 5.74) is -1.67. The van der Waals surface area contributed by atoms with Crippen LogP contribution in [0.5, 0.6) is 0 Å². The summed E-state index contributed by atoms with van der Waals surface area (Å²) in [6, 6.07) is -1.56. The Morgan fingerprint density at radius 3 is 1.53 bits per heavy atom. The van der Waals surface area contributed by atoms with Gasteiger partial charge in [0.05, 0.1) is 12.5 Å². The number of rotatable bonds is 17. The summed E-state index contributed by atoms with van der Waals surface area (Å²) >= 11 is 0. The summed E-state index contributed by atoms with van der Waals surface area (Å²) in [6.07, 6.45) is 9.78. The molecular weight excluding hydrogens is 743 g/mol. The van der Waals surface area contributed by atoms with Crippen LogP contribution in [-0.2, 0) is 23.7 Å². The fourth-order valence-corrected chi connectivity index (χ4v) is 11.3. The van der Waals surface area contributed by atoms with Crippen LogP contribution < -0.4 is 10.6 Å².